The second kappa shape index (κ2) is 5.80. The van der Waals surface area contributed by atoms with E-state index in [2.05, 4.69) is 20.7 Å². The average molecular weight is 342 g/mol. The van der Waals surface area contributed by atoms with Crippen LogP contribution in [0.4, 0.5) is 13.2 Å². The smallest absolute Gasteiger partial charge is 0.372 e. The minimum absolute atomic E-state index is 0.161. The van der Waals surface area contributed by atoms with Crippen LogP contribution in [0, 0.1) is 0 Å². The second-order valence-corrected chi connectivity index (χ2v) is 6.20. The van der Waals surface area contributed by atoms with Crippen molar-refractivity contribution in [1.82, 2.24) is 20.4 Å². The molecular weight excluding hydrogens is 321 g/mol. The van der Waals surface area contributed by atoms with Gasteiger partial charge in [-0.2, -0.15) is 18.3 Å². The number of aliphatic imine (C=N–C) groups is 1. The third-order valence-corrected chi connectivity index (χ3v) is 4.40. The quantitative estimate of drug-likeness (QED) is 0.780. The number of aryl methyl sites for hydroxylation is 1. The summed E-state index contributed by atoms with van der Waals surface area (Å²) < 4.78 is 41.1. The molecule has 1 unspecified atom stereocenters. The van der Waals surface area contributed by atoms with Crippen molar-refractivity contribution in [2.24, 2.45) is 17.8 Å². The zero-order chi connectivity index (χ0) is 17.5. The molecule has 24 heavy (non-hydrogen) atoms. The van der Waals surface area contributed by atoms with E-state index in [9.17, 15) is 13.2 Å². The summed E-state index contributed by atoms with van der Waals surface area (Å²) in [5.41, 5.74) is 6.89. The number of alkyl halides is 3. The number of halogens is 3. The van der Waals surface area contributed by atoms with Crippen LogP contribution >= 0.6 is 0 Å². The molecule has 1 aromatic rings. The summed E-state index contributed by atoms with van der Waals surface area (Å²) >= 11 is 0. The van der Waals surface area contributed by atoms with Crippen molar-refractivity contribution in [3.63, 3.8) is 0 Å². The highest BCUT2D eigenvalue weighted by molar-refractivity contribution is 5.82. The van der Waals surface area contributed by atoms with Gasteiger partial charge in [0.25, 0.3) is 0 Å². The Hall–Kier alpha value is -2.03. The third kappa shape index (κ3) is 2.88. The van der Waals surface area contributed by atoms with Gasteiger partial charge in [-0.25, -0.2) is 4.99 Å². The second-order valence-electron chi connectivity index (χ2n) is 6.20. The average Bonchev–Trinajstić information content (AvgIpc) is 2.78. The topological polar surface area (TPSA) is 80.3 Å². The highest BCUT2D eigenvalue weighted by Crippen LogP contribution is 2.40. The SMILES string of the molecule is CCNC1=C(C(F)(F)F)C=NC(N)(c2cn(C)nc2C2CCC2)N1. The standard InChI is InChI=1S/C15H21F3N6/c1-3-20-13-10(14(16,17)18)7-21-15(19,22-13)11-8-24(2)23-12(11)9-5-4-6-9/h7-9,20,22H,3-6,19H2,1-2H3. The lowest BCUT2D eigenvalue weighted by atomic mass is 9.80. The predicted molar refractivity (Wildman–Crippen MR) is 84.1 cm³/mol. The molecule has 0 spiro atoms. The summed E-state index contributed by atoms with van der Waals surface area (Å²) in [6, 6.07) is 0. The van der Waals surface area contributed by atoms with E-state index in [0.29, 0.717) is 12.1 Å². The first kappa shape index (κ1) is 16.8. The molecule has 9 heteroatoms. The molecule has 1 saturated carbocycles. The van der Waals surface area contributed by atoms with Crippen LogP contribution in [0.15, 0.2) is 22.6 Å². The van der Waals surface area contributed by atoms with E-state index in [1.54, 1.807) is 24.9 Å². The summed E-state index contributed by atoms with van der Waals surface area (Å²) in [6.07, 6.45) is 1.14. The lowest BCUT2D eigenvalue weighted by Gasteiger charge is -2.35. The largest absolute Gasteiger partial charge is 0.421 e. The Morgan fingerprint density at radius 2 is 2.17 bits per heavy atom. The van der Waals surface area contributed by atoms with E-state index in [-0.39, 0.29) is 11.7 Å². The fourth-order valence-electron chi connectivity index (χ4n) is 2.97. The zero-order valence-corrected chi connectivity index (χ0v) is 13.6. The molecule has 0 aromatic carbocycles. The van der Waals surface area contributed by atoms with Crippen LogP contribution in [0.1, 0.15) is 43.4 Å². The summed E-state index contributed by atoms with van der Waals surface area (Å²) in [4.78, 5) is 4.00. The highest BCUT2D eigenvalue weighted by atomic mass is 19.4. The molecule has 132 valence electrons. The van der Waals surface area contributed by atoms with Crippen molar-refractivity contribution in [2.75, 3.05) is 6.54 Å². The van der Waals surface area contributed by atoms with Gasteiger partial charge in [0.15, 0.2) is 0 Å². The first-order valence-corrected chi connectivity index (χ1v) is 7.96. The maximum Gasteiger partial charge on any atom is 0.421 e. The Morgan fingerprint density at radius 1 is 1.46 bits per heavy atom. The van der Waals surface area contributed by atoms with E-state index in [1.165, 1.54) is 0 Å². The van der Waals surface area contributed by atoms with Gasteiger partial charge < -0.3 is 10.6 Å². The van der Waals surface area contributed by atoms with Gasteiger partial charge in [-0.15, -0.1) is 0 Å². The van der Waals surface area contributed by atoms with Crippen LogP contribution < -0.4 is 16.4 Å². The van der Waals surface area contributed by atoms with Gasteiger partial charge in [0.05, 0.1) is 11.3 Å². The fourth-order valence-corrected chi connectivity index (χ4v) is 2.97. The van der Waals surface area contributed by atoms with Gasteiger partial charge in [0.2, 0.25) is 5.79 Å². The lowest BCUT2D eigenvalue weighted by molar-refractivity contribution is -0.0876. The van der Waals surface area contributed by atoms with Crippen molar-refractivity contribution in [3.8, 4) is 0 Å². The Morgan fingerprint density at radius 3 is 2.71 bits per heavy atom. The number of hydrogen-bond donors (Lipinski definition) is 3. The van der Waals surface area contributed by atoms with Crippen LogP contribution in [0.2, 0.25) is 0 Å². The molecule has 6 nitrogen and oxygen atoms in total. The number of nitrogens with two attached hydrogens (primary N) is 1. The fraction of sp³-hybridized carbons (Fsp3) is 0.600. The number of nitrogens with one attached hydrogen (secondary N) is 2. The molecule has 1 atom stereocenters. The molecule has 0 saturated heterocycles. The number of aromatic nitrogens is 2. The van der Waals surface area contributed by atoms with Crippen LogP contribution in [-0.4, -0.2) is 28.7 Å². The van der Waals surface area contributed by atoms with E-state index in [1.807, 2.05) is 0 Å². The van der Waals surface area contributed by atoms with Crippen LogP contribution in [0.5, 0.6) is 0 Å². The highest BCUT2D eigenvalue weighted by Gasteiger charge is 2.43. The predicted octanol–water partition coefficient (Wildman–Crippen LogP) is 1.81. The van der Waals surface area contributed by atoms with Gasteiger partial charge in [0.1, 0.15) is 11.4 Å². The molecule has 2 heterocycles. The summed E-state index contributed by atoms with van der Waals surface area (Å²) in [5, 5.41) is 9.89. The third-order valence-electron chi connectivity index (χ3n) is 4.40. The summed E-state index contributed by atoms with van der Waals surface area (Å²) in [5.74, 6) is -1.34. The Balaban J connectivity index is 1.99. The molecule has 1 fully saturated rings. The van der Waals surface area contributed by atoms with E-state index in [4.69, 9.17) is 5.73 Å². The number of rotatable bonds is 4. The molecule has 2 aliphatic rings. The lowest BCUT2D eigenvalue weighted by Crippen LogP contribution is -2.54. The molecule has 4 N–H and O–H groups in total. The number of nitrogens with zero attached hydrogens (tertiary/aromatic N) is 3. The summed E-state index contributed by atoms with van der Waals surface area (Å²) in [7, 11) is 1.77. The van der Waals surface area contributed by atoms with Crippen LogP contribution in [-0.2, 0) is 12.8 Å². The van der Waals surface area contributed by atoms with E-state index < -0.39 is 17.5 Å². The molecule has 1 aliphatic carbocycles. The Labute approximate surface area is 138 Å². The van der Waals surface area contributed by atoms with Crippen molar-refractivity contribution in [2.45, 2.75) is 44.1 Å². The van der Waals surface area contributed by atoms with Gasteiger partial charge in [-0.3, -0.25) is 10.4 Å². The maximum absolute atomic E-state index is 13.2. The van der Waals surface area contributed by atoms with Crippen molar-refractivity contribution < 1.29 is 13.2 Å². The minimum Gasteiger partial charge on any atom is -0.372 e. The molecule has 1 aromatic heterocycles. The molecule has 0 radical (unpaired) electrons. The molecular formula is C15H21F3N6. The van der Waals surface area contributed by atoms with Gasteiger partial charge >= 0.3 is 6.18 Å². The number of hydrogen-bond acceptors (Lipinski definition) is 5. The van der Waals surface area contributed by atoms with Gasteiger partial charge in [-0.05, 0) is 19.8 Å². The Bertz CT molecular complexity index is 686. The molecule has 0 amide bonds. The van der Waals surface area contributed by atoms with Crippen molar-refractivity contribution in [3.05, 3.63) is 28.8 Å². The first-order chi connectivity index (χ1) is 11.2. The van der Waals surface area contributed by atoms with Crippen molar-refractivity contribution in [1.29, 1.82) is 0 Å². The Kier molecular flexibility index (Phi) is 4.06. The normalized spacial score (nSPS) is 24.8. The minimum atomic E-state index is -4.51. The van der Waals surface area contributed by atoms with Crippen LogP contribution in [0.25, 0.3) is 0 Å². The first-order valence-electron chi connectivity index (χ1n) is 7.96. The monoisotopic (exact) mass is 342 g/mol. The molecule has 1 aliphatic heterocycles. The molecule has 0 bridgehead atoms. The van der Waals surface area contributed by atoms with Gasteiger partial charge in [0, 0.05) is 31.9 Å². The van der Waals surface area contributed by atoms with Crippen LogP contribution in [0.3, 0.4) is 0 Å². The number of allylic oxidation sites excluding steroid dienone is 1. The van der Waals surface area contributed by atoms with E-state index in [0.717, 1.165) is 31.2 Å². The maximum atomic E-state index is 13.2. The zero-order valence-electron chi connectivity index (χ0n) is 13.6. The van der Waals surface area contributed by atoms with Gasteiger partial charge in [-0.1, -0.05) is 6.42 Å². The van der Waals surface area contributed by atoms with Crippen molar-refractivity contribution >= 4 is 6.21 Å². The molecule has 3 rings (SSSR count). The summed E-state index contributed by atoms with van der Waals surface area (Å²) in [6.45, 7) is 2.05. The van der Waals surface area contributed by atoms with E-state index >= 15 is 0 Å².